The van der Waals surface area contributed by atoms with E-state index in [0.717, 1.165) is 5.69 Å². The smallest absolute Gasteiger partial charge is 0.184 e. The molecule has 1 aromatic carbocycles. The standard InChI is InChI=1S/C13H12ClFN2O/c1-16-8-9-7-10(5-6-17-9)18-12-4-2-3-11(14)13(12)15/h2-7,16H,8H2,1H3. The maximum Gasteiger partial charge on any atom is 0.184 e. The lowest BCUT2D eigenvalue weighted by Crippen LogP contribution is -2.06. The molecule has 0 bridgehead atoms. The Morgan fingerprint density at radius 2 is 2.22 bits per heavy atom. The second-order valence-corrected chi connectivity index (χ2v) is 4.07. The largest absolute Gasteiger partial charge is 0.454 e. The second-order valence-electron chi connectivity index (χ2n) is 3.67. The lowest BCUT2D eigenvalue weighted by atomic mass is 10.3. The van der Waals surface area contributed by atoms with Gasteiger partial charge in [0, 0.05) is 18.8 Å². The topological polar surface area (TPSA) is 34.1 Å². The number of aromatic nitrogens is 1. The van der Waals surface area contributed by atoms with Crippen LogP contribution < -0.4 is 10.1 Å². The van der Waals surface area contributed by atoms with Crippen LogP contribution in [0.15, 0.2) is 36.5 Å². The van der Waals surface area contributed by atoms with E-state index in [0.29, 0.717) is 12.3 Å². The van der Waals surface area contributed by atoms with E-state index in [1.165, 1.54) is 12.1 Å². The first kappa shape index (κ1) is 12.8. The summed E-state index contributed by atoms with van der Waals surface area (Å²) in [5, 5.41) is 3.02. The van der Waals surface area contributed by atoms with Crippen molar-refractivity contribution in [3.8, 4) is 11.5 Å². The molecule has 0 saturated heterocycles. The van der Waals surface area contributed by atoms with Gasteiger partial charge in [-0.3, -0.25) is 4.98 Å². The van der Waals surface area contributed by atoms with Crippen molar-refractivity contribution >= 4 is 11.6 Å². The highest BCUT2D eigenvalue weighted by atomic mass is 35.5. The molecule has 0 aliphatic carbocycles. The van der Waals surface area contributed by atoms with Crippen LogP contribution in [0.4, 0.5) is 4.39 Å². The zero-order chi connectivity index (χ0) is 13.0. The highest BCUT2D eigenvalue weighted by molar-refractivity contribution is 6.30. The van der Waals surface area contributed by atoms with Crippen LogP contribution in [0, 0.1) is 5.82 Å². The molecule has 1 N–H and O–H groups in total. The number of ether oxygens (including phenoxy) is 1. The van der Waals surface area contributed by atoms with Gasteiger partial charge in [-0.05, 0) is 25.2 Å². The van der Waals surface area contributed by atoms with Crippen LogP contribution in [-0.4, -0.2) is 12.0 Å². The van der Waals surface area contributed by atoms with Crippen LogP contribution in [0.25, 0.3) is 0 Å². The van der Waals surface area contributed by atoms with Crippen LogP contribution in [0.1, 0.15) is 5.69 Å². The van der Waals surface area contributed by atoms with Crippen molar-refractivity contribution < 1.29 is 9.13 Å². The summed E-state index contributed by atoms with van der Waals surface area (Å²) in [4.78, 5) is 4.15. The third kappa shape index (κ3) is 2.97. The zero-order valence-electron chi connectivity index (χ0n) is 9.78. The first-order chi connectivity index (χ1) is 8.70. The molecule has 0 amide bonds. The van der Waals surface area contributed by atoms with Crippen LogP contribution in [0.5, 0.6) is 11.5 Å². The van der Waals surface area contributed by atoms with Gasteiger partial charge in [0.2, 0.25) is 0 Å². The van der Waals surface area contributed by atoms with Crippen molar-refractivity contribution in [3.05, 3.63) is 53.1 Å². The number of nitrogens with one attached hydrogen (secondary N) is 1. The minimum absolute atomic E-state index is 0.0389. The highest BCUT2D eigenvalue weighted by Crippen LogP contribution is 2.28. The molecule has 2 aromatic rings. The summed E-state index contributed by atoms with van der Waals surface area (Å²) in [6, 6.07) is 8.05. The normalized spacial score (nSPS) is 10.4. The number of hydrogen-bond acceptors (Lipinski definition) is 3. The average molecular weight is 267 g/mol. The fourth-order valence-corrected chi connectivity index (χ4v) is 1.65. The number of benzene rings is 1. The van der Waals surface area contributed by atoms with Crippen LogP contribution in [0.3, 0.4) is 0 Å². The van der Waals surface area contributed by atoms with Gasteiger partial charge in [0.1, 0.15) is 5.75 Å². The van der Waals surface area contributed by atoms with E-state index in [1.54, 1.807) is 24.4 Å². The van der Waals surface area contributed by atoms with Gasteiger partial charge in [-0.2, -0.15) is 0 Å². The number of rotatable bonds is 4. The summed E-state index contributed by atoms with van der Waals surface area (Å²) in [7, 11) is 1.83. The number of pyridine rings is 1. The maximum absolute atomic E-state index is 13.7. The van der Waals surface area contributed by atoms with E-state index in [-0.39, 0.29) is 10.8 Å². The summed E-state index contributed by atoms with van der Waals surface area (Å²) in [5.41, 5.74) is 0.817. The summed E-state index contributed by atoms with van der Waals surface area (Å²) in [6.45, 7) is 0.620. The van der Waals surface area contributed by atoms with E-state index in [4.69, 9.17) is 16.3 Å². The van der Waals surface area contributed by atoms with Gasteiger partial charge in [-0.25, -0.2) is 4.39 Å². The van der Waals surface area contributed by atoms with Gasteiger partial charge >= 0.3 is 0 Å². The van der Waals surface area contributed by atoms with Crippen molar-refractivity contribution in [1.29, 1.82) is 0 Å². The van der Waals surface area contributed by atoms with Gasteiger partial charge in [-0.15, -0.1) is 0 Å². The Kier molecular flexibility index (Phi) is 4.12. The van der Waals surface area contributed by atoms with Gasteiger partial charge in [0.05, 0.1) is 10.7 Å². The van der Waals surface area contributed by atoms with Crippen LogP contribution in [0.2, 0.25) is 5.02 Å². The number of hydrogen-bond donors (Lipinski definition) is 1. The Morgan fingerprint density at radius 3 is 3.00 bits per heavy atom. The second kappa shape index (κ2) is 5.80. The third-order valence-electron chi connectivity index (χ3n) is 2.29. The molecule has 2 rings (SSSR count). The fourth-order valence-electron chi connectivity index (χ4n) is 1.49. The summed E-state index contributed by atoms with van der Waals surface area (Å²) in [6.07, 6.45) is 1.62. The molecule has 0 unspecified atom stereocenters. The van der Waals surface area contributed by atoms with Gasteiger partial charge < -0.3 is 10.1 Å². The molecule has 0 fully saturated rings. The molecule has 1 aromatic heterocycles. The molecule has 0 aliphatic rings. The van der Waals surface area contributed by atoms with Crippen molar-refractivity contribution in [2.75, 3.05) is 7.05 Å². The lowest BCUT2D eigenvalue weighted by Gasteiger charge is -2.08. The molecule has 0 radical (unpaired) electrons. The van der Waals surface area contributed by atoms with Crippen molar-refractivity contribution in [2.45, 2.75) is 6.54 Å². The Bertz CT molecular complexity index is 548. The minimum Gasteiger partial charge on any atom is -0.454 e. The Morgan fingerprint density at radius 1 is 1.39 bits per heavy atom. The zero-order valence-corrected chi connectivity index (χ0v) is 10.5. The van der Waals surface area contributed by atoms with Crippen LogP contribution in [-0.2, 0) is 6.54 Å². The molecule has 94 valence electrons. The molecule has 5 heteroatoms. The fraction of sp³-hybridized carbons (Fsp3) is 0.154. The van der Waals surface area contributed by atoms with E-state index in [1.807, 2.05) is 7.05 Å². The Labute approximate surface area is 110 Å². The Balaban J connectivity index is 2.23. The van der Waals surface area contributed by atoms with Gasteiger partial charge in [0.15, 0.2) is 11.6 Å². The Hall–Kier alpha value is -1.65. The van der Waals surface area contributed by atoms with E-state index < -0.39 is 5.82 Å². The van der Waals surface area contributed by atoms with E-state index >= 15 is 0 Å². The van der Waals surface area contributed by atoms with E-state index in [9.17, 15) is 4.39 Å². The first-order valence-electron chi connectivity index (χ1n) is 5.42. The first-order valence-corrected chi connectivity index (χ1v) is 5.80. The third-order valence-corrected chi connectivity index (χ3v) is 2.58. The van der Waals surface area contributed by atoms with Crippen molar-refractivity contribution in [1.82, 2.24) is 10.3 Å². The van der Waals surface area contributed by atoms with Gasteiger partial charge in [0.25, 0.3) is 0 Å². The molecule has 3 nitrogen and oxygen atoms in total. The SMILES string of the molecule is CNCc1cc(Oc2cccc(Cl)c2F)ccn1. The summed E-state index contributed by atoms with van der Waals surface area (Å²) < 4.78 is 19.1. The average Bonchev–Trinajstić information content (AvgIpc) is 2.36. The molecular formula is C13H12ClFN2O. The molecule has 0 aliphatic heterocycles. The molecule has 0 atom stereocenters. The quantitative estimate of drug-likeness (QED) is 0.921. The van der Waals surface area contributed by atoms with Crippen molar-refractivity contribution in [3.63, 3.8) is 0 Å². The molecule has 1 heterocycles. The molecular weight excluding hydrogens is 255 g/mol. The molecule has 0 spiro atoms. The maximum atomic E-state index is 13.7. The van der Waals surface area contributed by atoms with Gasteiger partial charge in [-0.1, -0.05) is 17.7 Å². The highest BCUT2D eigenvalue weighted by Gasteiger charge is 2.08. The van der Waals surface area contributed by atoms with Crippen LogP contribution >= 0.6 is 11.6 Å². The van der Waals surface area contributed by atoms with Crippen molar-refractivity contribution in [2.24, 2.45) is 0 Å². The molecule has 18 heavy (non-hydrogen) atoms. The molecule has 0 saturated carbocycles. The predicted molar refractivity (Wildman–Crippen MR) is 68.5 cm³/mol. The predicted octanol–water partition coefficient (Wildman–Crippen LogP) is 3.39. The monoisotopic (exact) mass is 266 g/mol. The summed E-state index contributed by atoms with van der Waals surface area (Å²) in [5.74, 6) is 0.0617. The summed E-state index contributed by atoms with van der Waals surface area (Å²) >= 11 is 5.68. The number of nitrogens with zero attached hydrogens (tertiary/aromatic N) is 1. The van der Waals surface area contributed by atoms with E-state index in [2.05, 4.69) is 10.3 Å². The number of halogens is 2. The minimum atomic E-state index is -0.564. The lowest BCUT2D eigenvalue weighted by molar-refractivity contribution is 0.441.